The third kappa shape index (κ3) is 2.25. The number of methoxy groups -OCH3 is 1. The third-order valence-corrected chi connectivity index (χ3v) is 3.03. The summed E-state index contributed by atoms with van der Waals surface area (Å²) in [6.45, 7) is 1.88. The van der Waals surface area contributed by atoms with Gasteiger partial charge in [-0.25, -0.2) is 14.5 Å². The van der Waals surface area contributed by atoms with E-state index >= 15 is 0 Å². The summed E-state index contributed by atoms with van der Waals surface area (Å²) < 4.78 is 6.80. The van der Waals surface area contributed by atoms with Gasteiger partial charge in [0.25, 0.3) is 0 Å². The van der Waals surface area contributed by atoms with Crippen molar-refractivity contribution in [3.63, 3.8) is 0 Å². The van der Waals surface area contributed by atoms with E-state index in [1.54, 1.807) is 30.1 Å². The molecule has 0 fully saturated rings. The van der Waals surface area contributed by atoms with Gasteiger partial charge in [0.2, 0.25) is 0 Å². The van der Waals surface area contributed by atoms with Crippen molar-refractivity contribution in [2.24, 2.45) is 0 Å². The number of ether oxygens (including phenoxy) is 1. The number of anilines is 2. The largest absolute Gasteiger partial charge is 0.495 e. The summed E-state index contributed by atoms with van der Waals surface area (Å²) in [4.78, 5) is 8.66. The first-order valence-electron chi connectivity index (χ1n) is 5.96. The van der Waals surface area contributed by atoms with E-state index in [0.29, 0.717) is 16.6 Å². The maximum atomic E-state index is 5.99. The van der Waals surface area contributed by atoms with Crippen molar-refractivity contribution in [1.82, 2.24) is 19.6 Å². The average Bonchev–Trinajstić information content (AvgIpc) is 2.87. The zero-order chi connectivity index (χ0) is 14.1. The molecule has 102 valence electrons. The Hall–Kier alpha value is -2.34. The van der Waals surface area contributed by atoms with E-state index in [4.69, 9.17) is 16.3 Å². The van der Waals surface area contributed by atoms with Crippen molar-refractivity contribution in [1.29, 1.82) is 0 Å². The molecule has 0 saturated carbocycles. The van der Waals surface area contributed by atoms with E-state index in [-0.39, 0.29) is 0 Å². The molecular formula is C13H12ClN5O. The van der Waals surface area contributed by atoms with Gasteiger partial charge in [0, 0.05) is 18.5 Å². The first kappa shape index (κ1) is 12.7. The summed E-state index contributed by atoms with van der Waals surface area (Å²) in [5, 5.41) is 7.69. The molecule has 0 bridgehead atoms. The van der Waals surface area contributed by atoms with E-state index in [1.165, 1.54) is 0 Å². The van der Waals surface area contributed by atoms with Gasteiger partial charge in [-0.3, -0.25) is 0 Å². The number of nitrogens with one attached hydrogen (secondary N) is 1. The number of pyridine rings is 1. The van der Waals surface area contributed by atoms with Crippen molar-refractivity contribution in [3.8, 4) is 5.75 Å². The summed E-state index contributed by atoms with van der Waals surface area (Å²) in [6, 6.07) is 5.40. The Morgan fingerprint density at radius 1 is 1.35 bits per heavy atom. The normalized spacial score (nSPS) is 10.8. The van der Waals surface area contributed by atoms with Crippen LogP contribution in [-0.2, 0) is 0 Å². The second kappa shape index (κ2) is 4.97. The van der Waals surface area contributed by atoms with Crippen LogP contribution >= 0.6 is 11.6 Å². The molecule has 0 aliphatic carbocycles. The minimum atomic E-state index is 0.378. The summed E-state index contributed by atoms with van der Waals surface area (Å²) >= 11 is 5.99. The number of rotatable bonds is 3. The molecule has 0 amide bonds. The molecule has 0 saturated heterocycles. The molecule has 0 spiro atoms. The molecule has 6 nitrogen and oxygen atoms in total. The van der Waals surface area contributed by atoms with E-state index in [9.17, 15) is 0 Å². The second-order valence-electron chi connectivity index (χ2n) is 4.19. The topological polar surface area (TPSA) is 64.3 Å². The van der Waals surface area contributed by atoms with Crippen LogP contribution in [0.3, 0.4) is 0 Å². The van der Waals surface area contributed by atoms with Crippen molar-refractivity contribution in [2.45, 2.75) is 6.92 Å². The Balaban J connectivity index is 2.00. The Morgan fingerprint density at radius 3 is 2.95 bits per heavy atom. The molecule has 3 aromatic heterocycles. The van der Waals surface area contributed by atoms with Crippen molar-refractivity contribution < 1.29 is 4.74 Å². The summed E-state index contributed by atoms with van der Waals surface area (Å²) in [7, 11) is 1.62. The molecule has 0 aromatic carbocycles. The SMILES string of the molecule is COc1ccc(Nc2cc(Cl)nn3ccnc23)nc1C. The molecule has 3 rings (SSSR count). The Kier molecular flexibility index (Phi) is 3.15. The number of fused-ring (bicyclic) bond motifs is 1. The van der Waals surface area contributed by atoms with Gasteiger partial charge >= 0.3 is 0 Å². The van der Waals surface area contributed by atoms with Crippen LogP contribution in [0.1, 0.15) is 5.69 Å². The van der Waals surface area contributed by atoms with Crippen LogP contribution in [0.2, 0.25) is 5.15 Å². The molecule has 3 aromatic rings. The van der Waals surface area contributed by atoms with Crippen LogP contribution < -0.4 is 10.1 Å². The highest BCUT2D eigenvalue weighted by atomic mass is 35.5. The van der Waals surface area contributed by atoms with E-state index < -0.39 is 0 Å². The highest BCUT2D eigenvalue weighted by molar-refractivity contribution is 6.29. The molecule has 0 aliphatic heterocycles. The van der Waals surface area contributed by atoms with E-state index in [1.807, 2.05) is 19.1 Å². The van der Waals surface area contributed by atoms with Crippen LogP contribution in [-0.4, -0.2) is 26.7 Å². The Bertz CT molecular complexity index is 771. The first-order chi connectivity index (χ1) is 9.67. The number of nitrogens with zero attached hydrogens (tertiary/aromatic N) is 4. The van der Waals surface area contributed by atoms with Crippen molar-refractivity contribution in [2.75, 3.05) is 12.4 Å². The predicted molar refractivity (Wildman–Crippen MR) is 76.8 cm³/mol. The lowest BCUT2D eigenvalue weighted by molar-refractivity contribution is 0.409. The highest BCUT2D eigenvalue weighted by Crippen LogP contribution is 2.24. The lowest BCUT2D eigenvalue weighted by Gasteiger charge is -2.09. The molecular weight excluding hydrogens is 278 g/mol. The second-order valence-corrected chi connectivity index (χ2v) is 4.57. The quantitative estimate of drug-likeness (QED) is 0.803. The molecule has 0 atom stereocenters. The maximum Gasteiger partial charge on any atom is 0.177 e. The zero-order valence-corrected chi connectivity index (χ0v) is 11.7. The van der Waals surface area contributed by atoms with Crippen LogP contribution in [0.5, 0.6) is 5.75 Å². The Labute approximate surface area is 120 Å². The van der Waals surface area contributed by atoms with Gasteiger partial charge in [0.1, 0.15) is 11.6 Å². The van der Waals surface area contributed by atoms with Crippen LogP contribution in [0, 0.1) is 6.92 Å². The molecule has 3 heterocycles. The van der Waals surface area contributed by atoms with Gasteiger partial charge < -0.3 is 10.1 Å². The lowest BCUT2D eigenvalue weighted by Crippen LogP contribution is -2.01. The smallest absolute Gasteiger partial charge is 0.177 e. The third-order valence-electron chi connectivity index (χ3n) is 2.85. The fourth-order valence-corrected chi connectivity index (χ4v) is 2.14. The van der Waals surface area contributed by atoms with Gasteiger partial charge in [-0.2, -0.15) is 5.10 Å². The van der Waals surface area contributed by atoms with Gasteiger partial charge in [-0.1, -0.05) is 11.6 Å². The highest BCUT2D eigenvalue weighted by Gasteiger charge is 2.08. The average molecular weight is 290 g/mol. The molecule has 20 heavy (non-hydrogen) atoms. The monoisotopic (exact) mass is 289 g/mol. The summed E-state index contributed by atoms with van der Waals surface area (Å²) in [6.07, 6.45) is 3.40. The zero-order valence-electron chi connectivity index (χ0n) is 11.0. The van der Waals surface area contributed by atoms with Gasteiger partial charge in [0.15, 0.2) is 10.8 Å². The van der Waals surface area contributed by atoms with Crippen LogP contribution in [0.4, 0.5) is 11.5 Å². The van der Waals surface area contributed by atoms with Gasteiger partial charge in [-0.15, -0.1) is 0 Å². The summed E-state index contributed by atoms with van der Waals surface area (Å²) in [5.41, 5.74) is 2.23. The number of halogens is 1. The minimum absolute atomic E-state index is 0.378. The standard InChI is InChI=1S/C13H12ClN5O/c1-8-10(20-2)3-4-12(16-8)17-9-7-11(14)18-19-6-5-15-13(9)19/h3-7H,1-2H3,(H,16,17). The lowest BCUT2D eigenvalue weighted by atomic mass is 10.3. The van der Waals surface area contributed by atoms with Crippen LogP contribution in [0.15, 0.2) is 30.6 Å². The fourth-order valence-electron chi connectivity index (χ4n) is 1.95. The number of aryl methyl sites for hydroxylation is 1. The molecule has 7 heteroatoms. The minimum Gasteiger partial charge on any atom is -0.495 e. The van der Waals surface area contributed by atoms with Gasteiger partial charge in [-0.05, 0) is 19.1 Å². The predicted octanol–water partition coefficient (Wildman–Crippen LogP) is 2.84. The van der Waals surface area contributed by atoms with E-state index in [0.717, 1.165) is 17.1 Å². The molecule has 1 N–H and O–H groups in total. The maximum absolute atomic E-state index is 5.99. The summed E-state index contributed by atoms with van der Waals surface area (Å²) in [5.74, 6) is 1.43. The van der Waals surface area contributed by atoms with Crippen molar-refractivity contribution >= 4 is 28.8 Å². The molecule has 0 aliphatic rings. The number of imidazole rings is 1. The number of hydrogen-bond acceptors (Lipinski definition) is 5. The van der Waals surface area contributed by atoms with Crippen LogP contribution in [0.25, 0.3) is 5.65 Å². The van der Waals surface area contributed by atoms with E-state index in [2.05, 4.69) is 20.4 Å². The number of hydrogen-bond donors (Lipinski definition) is 1. The van der Waals surface area contributed by atoms with Crippen molar-refractivity contribution in [3.05, 3.63) is 41.4 Å². The Morgan fingerprint density at radius 2 is 2.20 bits per heavy atom. The fraction of sp³-hybridized carbons (Fsp3) is 0.154. The molecule has 0 unspecified atom stereocenters. The number of aromatic nitrogens is 4. The first-order valence-corrected chi connectivity index (χ1v) is 6.34. The van der Waals surface area contributed by atoms with Gasteiger partial charge in [0.05, 0.1) is 18.5 Å². The molecule has 0 radical (unpaired) electrons.